The lowest BCUT2D eigenvalue weighted by Crippen LogP contribution is -2.39. The molecule has 1 N–H and O–H groups in total. The van der Waals surface area contributed by atoms with Crippen molar-refractivity contribution < 1.29 is 4.79 Å². The van der Waals surface area contributed by atoms with Crippen LogP contribution in [0, 0.1) is 0 Å². The molecule has 2 aromatic heterocycles. The van der Waals surface area contributed by atoms with Crippen molar-refractivity contribution in [2.45, 2.75) is 45.2 Å². The van der Waals surface area contributed by atoms with E-state index in [1.165, 1.54) is 12.0 Å². The summed E-state index contributed by atoms with van der Waals surface area (Å²) in [5.74, 6) is 0.509. The molecule has 0 spiro atoms. The average Bonchev–Trinajstić information content (AvgIpc) is 3.35. The van der Waals surface area contributed by atoms with Gasteiger partial charge in [0.15, 0.2) is 0 Å². The van der Waals surface area contributed by atoms with Gasteiger partial charge in [0.25, 0.3) is 5.91 Å². The minimum absolute atomic E-state index is 0.0440. The van der Waals surface area contributed by atoms with E-state index in [-0.39, 0.29) is 11.4 Å². The van der Waals surface area contributed by atoms with Gasteiger partial charge in [-0.2, -0.15) is 0 Å². The fourth-order valence-electron chi connectivity index (χ4n) is 3.90. The maximum absolute atomic E-state index is 12.5. The van der Waals surface area contributed by atoms with Crippen LogP contribution in [0.2, 0.25) is 0 Å². The first-order valence-electron chi connectivity index (χ1n) is 9.95. The van der Waals surface area contributed by atoms with Crippen molar-refractivity contribution in [2.75, 3.05) is 13.1 Å². The zero-order chi connectivity index (χ0) is 19.7. The van der Waals surface area contributed by atoms with Gasteiger partial charge in [0.1, 0.15) is 5.65 Å². The Bertz CT molecular complexity index is 968. The fraction of sp³-hybridized carbons (Fsp3) is 0.391. The molecule has 1 saturated heterocycles. The first-order chi connectivity index (χ1) is 13.4. The molecule has 4 rings (SSSR count). The van der Waals surface area contributed by atoms with E-state index in [2.05, 4.69) is 48.1 Å². The van der Waals surface area contributed by atoms with E-state index in [1.54, 1.807) is 6.20 Å². The molecule has 3 heterocycles. The molecular weight excluding hydrogens is 348 g/mol. The molecule has 0 bridgehead atoms. The Morgan fingerprint density at radius 3 is 2.68 bits per heavy atom. The third kappa shape index (κ3) is 3.94. The number of carbonyl (C=O) groups is 1. The van der Waals surface area contributed by atoms with Crippen LogP contribution in [0.4, 0.5) is 0 Å². The van der Waals surface area contributed by atoms with Crippen LogP contribution in [0.25, 0.3) is 5.65 Å². The number of likely N-dealkylation sites (tertiary alicyclic amines) is 1. The highest BCUT2D eigenvalue weighted by Gasteiger charge is 2.30. The number of hydrogen-bond acceptors (Lipinski definition) is 3. The van der Waals surface area contributed by atoms with Crippen LogP contribution in [-0.2, 0) is 6.54 Å². The Hall–Kier alpha value is -2.66. The molecule has 1 atom stereocenters. The maximum Gasteiger partial charge on any atom is 0.251 e. The van der Waals surface area contributed by atoms with Crippen molar-refractivity contribution in [3.63, 3.8) is 0 Å². The van der Waals surface area contributed by atoms with Crippen molar-refractivity contribution in [3.8, 4) is 0 Å². The third-order valence-corrected chi connectivity index (χ3v) is 5.70. The smallest absolute Gasteiger partial charge is 0.251 e. The lowest BCUT2D eigenvalue weighted by molar-refractivity contribution is 0.0951. The topological polar surface area (TPSA) is 49.6 Å². The molecule has 1 aliphatic rings. The summed E-state index contributed by atoms with van der Waals surface area (Å²) >= 11 is 0. The molecule has 1 unspecified atom stereocenters. The van der Waals surface area contributed by atoms with Crippen LogP contribution in [-0.4, -0.2) is 38.8 Å². The van der Waals surface area contributed by atoms with Crippen LogP contribution >= 0.6 is 0 Å². The Labute approximate surface area is 166 Å². The number of fused-ring (bicyclic) bond motifs is 1. The molecule has 28 heavy (non-hydrogen) atoms. The molecule has 146 valence electrons. The molecule has 5 nitrogen and oxygen atoms in total. The zero-order valence-electron chi connectivity index (χ0n) is 16.9. The highest BCUT2D eigenvalue weighted by atomic mass is 16.1. The summed E-state index contributed by atoms with van der Waals surface area (Å²) in [7, 11) is 0. The van der Waals surface area contributed by atoms with Gasteiger partial charge in [-0.05, 0) is 75.0 Å². The van der Waals surface area contributed by atoms with E-state index < -0.39 is 0 Å². The number of rotatable bonds is 4. The van der Waals surface area contributed by atoms with Crippen LogP contribution in [0.15, 0.2) is 55.0 Å². The standard InChI is InChI=1S/C23H28N4O/c1-23(2,3)27-12-9-20(16-27)18-4-6-19(7-5-18)22(28)25-15-17-8-11-26-13-10-24-21(26)14-17/h4-8,10-11,13-14,20H,9,12,15-16H2,1-3H3,(H,25,28). The fourth-order valence-corrected chi connectivity index (χ4v) is 3.90. The van der Waals surface area contributed by atoms with Gasteiger partial charge in [0.2, 0.25) is 0 Å². The van der Waals surface area contributed by atoms with Crippen molar-refractivity contribution in [3.05, 3.63) is 71.7 Å². The molecular formula is C23H28N4O. The van der Waals surface area contributed by atoms with Gasteiger partial charge in [-0.3, -0.25) is 9.69 Å². The quantitative estimate of drug-likeness (QED) is 0.752. The monoisotopic (exact) mass is 376 g/mol. The van der Waals surface area contributed by atoms with Gasteiger partial charge in [-0.25, -0.2) is 4.98 Å². The Balaban J connectivity index is 1.36. The number of nitrogens with zero attached hydrogens (tertiary/aromatic N) is 3. The second-order valence-corrected chi connectivity index (χ2v) is 8.63. The number of aromatic nitrogens is 2. The number of pyridine rings is 1. The van der Waals surface area contributed by atoms with Gasteiger partial charge in [-0.15, -0.1) is 0 Å². The molecule has 1 aliphatic heterocycles. The zero-order valence-corrected chi connectivity index (χ0v) is 16.9. The lowest BCUT2D eigenvalue weighted by Gasteiger charge is -2.31. The number of carbonyl (C=O) groups excluding carboxylic acids is 1. The number of benzene rings is 1. The summed E-state index contributed by atoms with van der Waals surface area (Å²) in [6.45, 7) is 9.53. The van der Waals surface area contributed by atoms with E-state index in [9.17, 15) is 4.79 Å². The maximum atomic E-state index is 12.5. The van der Waals surface area contributed by atoms with Crippen LogP contribution in [0.1, 0.15) is 54.6 Å². The van der Waals surface area contributed by atoms with E-state index in [0.717, 1.165) is 24.3 Å². The molecule has 1 fully saturated rings. The Morgan fingerprint density at radius 1 is 1.18 bits per heavy atom. The predicted molar refractivity (Wildman–Crippen MR) is 111 cm³/mol. The predicted octanol–water partition coefficient (Wildman–Crippen LogP) is 3.85. The highest BCUT2D eigenvalue weighted by molar-refractivity contribution is 5.94. The number of hydrogen-bond donors (Lipinski definition) is 1. The summed E-state index contributed by atoms with van der Waals surface area (Å²) < 4.78 is 1.95. The minimum Gasteiger partial charge on any atom is -0.348 e. The second kappa shape index (κ2) is 7.40. The van der Waals surface area contributed by atoms with Crippen molar-refractivity contribution >= 4 is 11.6 Å². The van der Waals surface area contributed by atoms with Gasteiger partial charge >= 0.3 is 0 Å². The highest BCUT2D eigenvalue weighted by Crippen LogP contribution is 2.31. The van der Waals surface area contributed by atoms with E-state index in [1.807, 2.05) is 41.1 Å². The average molecular weight is 377 g/mol. The molecule has 3 aromatic rings. The van der Waals surface area contributed by atoms with Gasteiger partial charge in [0, 0.05) is 42.8 Å². The second-order valence-electron chi connectivity index (χ2n) is 8.63. The third-order valence-electron chi connectivity index (χ3n) is 5.70. The summed E-state index contributed by atoms with van der Waals surface area (Å²) in [6.07, 6.45) is 6.81. The van der Waals surface area contributed by atoms with Crippen LogP contribution < -0.4 is 5.32 Å². The molecule has 0 aliphatic carbocycles. The number of imidazole rings is 1. The van der Waals surface area contributed by atoms with Gasteiger partial charge in [0.05, 0.1) is 0 Å². The van der Waals surface area contributed by atoms with E-state index in [4.69, 9.17) is 0 Å². The number of nitrogens with one attached hydrogen (secondary N) is 1. The summed E-state index contributed by atoms with van der Waals surface area (Å²) in [5.41, 5.74) is 4.17. The molecule has 0 radical (unpaired) electrons. The Morgan fingerprint density at radius 2 is 1.96 bits per heavy atom. The van der Waals surface area contributed by atoms with Gasteiger partial charge in [-0.1, -0.05) is 12.1 Å². The van der Waals surface area contributed by atoms with Crippen LogP contribution in [0.5, 0.6) is 0 Å². The largest absolute Gasteiger partial charge is 0.348 e. The minimum atomic E-state index is -0.0440. The lowest BCUT2D eigenvalue weighted by atomic mass is 9.97. The van der Waals surface area contributed by atoms with Crippen LogP contribution in [0.3, 0.4) is 0 Å². The summed E-state index contributed by atoms with van der Waals surface area (Å²) in [4.78, 5) is 19.3. The number of amides is 1. The molecule has 1 aromatic carbocycles. The van der Waals surface area contributed by atoms with Gasteiger partial charge < -0.3 is 9.72 Å². The molecule has 0 saturated carbocycles. The Kier molecular flexibility index (Phi) is 4.94. The van der Waals surface area contributed by atoms with Crippen molar-refractivity contribution in [1.29, 1.82) is 0 Å². The van der Waals surface area contributed by atoms with E-state index >= 15 is 0 Å². The normalized spacial score (nSPS) is 17.9. The van der Waals surface area contributed by atoms with Crippen molar-refractivity contribution in [2.24, 2.45) is 0 Å². The summed E-state index contributed by atoms with van der Waals surface area (Å²) in [6, 6.07) is 12.1. The molecule has 5 heteroatoms. The molecule has 1 amide bonds. The summed E-state index contributed by atoms with van der Waals surface area (Å²) in [5, 5.41) is 3.00. The first-order valence-corrected chi connectivity index (χ1v) is 9.95. The van der Waals surface area contributed by atoms with E-state index in [0.29, 0.717) is 18.0 Å². The first kappa shape index (κ1) is 18.7. The van der Waals surface area contributed by atoms with Crippen molar-refractivity contribution in [1.82, 2.24) is 19.6 Å². The SMILES string of the molecule is CC(C)(C)N1CCC(c2ccc(C(=O)NCc3ccn4ccnc4c3)cc2)C1.